The van der Waals surface area contributed by atoms with Gasteiger partial charge in [0.2, 0.25) is 5.89 Å². The van der Waals surface area contributed by atoms with Crippen molar-refractivity contribution < 1.29 is 14.0 Å². The zero-order valence-corrected chi connectivity index (χ0v) is 9.02. The average molecular weight is 225 g/mol. The van der Waals surface area contributed by atoms with Gasteiger partial charge in [-0.05, 0) is 12.8 Å². The number of aromatic nitrogens is 2. The van der Waals surface area contributed by atoms with Crippen molar-refractivity contribution >= 4 is 0 Å². The smallest absolute Gasteiger partial charge is 0.249 e. The zero-order valence-electron chi connectivity index (χ0n) is 9.02. The van der Waals surface area contributed by atoms with Crippen molar-refractivity contribution in [2.45, 2.75) is 24.3 Å². The minimum atomic E-state index is -0.593. The van der Waals surface area contributed by atoms with Crippen molar-refractivity contribution in [2.24, 2.45) is 5.73 Å². The highest BCUT2D eigenvalue weighted by Crippen LogP contribution is 2.29. The van der Waals surface area contributed by atoms with Gasteiger partial charge in [0.25, 0.3) is 0 Å². The molecule has 0 aliphatic carbocycles. The molecule has 1 aromatic heterocycles. The summed E-state index contributed by atoms with van der Waals surface area (Å²) >= 11 is 0. The van der Waals surface area contributed by atoms with Crippen LogP contribution >= 0.6 is 0 Å². The molecule has 88 valence electrons. The second-order valence-electron chi connectivity index (χ2n) is 4.48. The van der Waals surface area contributed by atoms with E-state index in [4.69, 9.17) is 19.7 Å². The number of ether oxygens (including phenoxy) is 2. The van der Waals surface area contributed by atoms with E-state index < -0.39 is 5.54 Å². The summed E-state index contributed by atoms with van der Waals surface area (Å²) in [6.45, 7) is 2.55. The maximum absolute atomic E-state index is 6.14. The molecule has 2 saturated heterocycles. The second-order valence-corrected chi connectivity index (χ2v) is 4.48. The van der Waals surface area contributed by atoms with Crippen LogP contribution in [0.15, 0.2) is 4.52 Å². The fraction of sp³-hybridized carbons (Fsp3) is 0.800. The quantitative estimate of drug-likeness (QED) is 0.771. The van der Waals surface area contributed by atoms with Crippen LogP contribution in [0.25, 0.3) is 0 Å². The Kier molecular flexibility index (Phi) is 2.42. The number of hydrogen-bond donors (Lipinski definition) is 1. The molecule has 3 heterocycles. The summed E-state index contributed by atoms with van der Waals surface area (Å²) in [6, 6.07) is 0. The molecule has 2 atom stereocenters. The lowest BCUT2D eigenvalue weighted by Crippen LogP contribution is -2.37. The first kappa shape index (κ1) is 10.2. The van der Waals surface area contributed by atoms with Gasteiger partial charge in [-0.3, -0.25) is 0 Å². The molecule has 1 aromatic rings. The molecule has 2 unspecified atom stereocenters. The van der Waals surface area contributed by atoms with Gasteiger partial charge in [0.1, 0.15) is 5.54 Å². The van der Waals surface area contributed by atoms with Gasteiger partial charge in [-0.15, -0.1) is 0 Å². The maximum atomic E-state index is 6.14. The fourth-order valence-corrected chi connectivity index (χ4v) is 2.09. The molecule has 2 aliphatic rings. The van der Waals surface area contributed by atoms with Crippen molar-refractivity contribution in [3.8, 4) is 0 Å². The average Bonchev–Trinajstić information content (AvgIpc) is 2.98. The molecule has 2 N–H and O–H groups in total. The molecule has 0 spiro atoms. The molecule has 0 amide bonds. The van der Waals surface area contributed by atoms with Gasteiger partial charge < -0.3 is 19.7 Å². The third kappa shape index (κ3) is 1.63. The monoisotopic (exact) mass is 225 g/mol. The maximum Gasteiger partial charge on any atom is 0.249 e. The van der Waals surface area contributed by atoms with Gasteiger partial charge in [-0.25, -0.2) is 0 Å². The van der Waals surface area contributed by atoms with Crippen LogP contribution in [0.4, 0.5) is 0 Å². The highest BCUT2D eigenvalue weighted by atomic mass is 16.5. The van der Waals surface area contributed by atoms with Gasteiger partial charge in [0, 0.05) is 19.1 Å². The van der Waals surface area contributed by atoms with Crippen molar-refractivity contribution in [2.75, 3.05) is 26.4 Å². The molecule has 0 saturated carbocycles. The number of nitrogens with zero attached hydrogens (tertiary/aromatic N) is 2. The van der Waals surface area contributed by atoms with Crippen LogP contribution in [0, 0.1) is 0 Å². The zero-order chi connectivity index (χ0) is 11.0. The summed E-state index contributed by atoms with van der Waals surface area (Å²) in [4.78, 5) is 4.38. The topological polar surface area (TPSA) is 83.4 Å². The predicted molar refractivity (Wildman–Crippen MR) is 53.8 cm³/mol. The summed E-state index contributed by atoms with van der Waals surface area (Å²) < 4.78 is 15.8. The first-order chi connectivity index (χ1) is 7.78. The number of nitrogens with two attached hydrogens (primary N) is 1. The third-order valence-electron chi connectivity index (χ3n) is 3.21. The van der Waals surface area contributed by atoms with Gasteiger partial charge in [-0.1, -0.05) is 5.16 Å². The Morgan fingerprint density at radius 1 is 1.31 bits per heavy atom. The second kappa shape index (κ2) is 3.80. The number of hydrogen-bond acceptors (Lipinski definition) is 6. The summed E-state index contributed by atoms with van der Waals surface area (Å²) in [6.07, 6.45) is 1.68. The van der Waals surface area contributed by atoms with E-state index in [1.165, 1.54) is 0 Å². The van der Waals surface area contributed by atoms with E-state index >= 15 is 0 Å². The van der Waals surface area contributed by atoms with E-state index in [0.29, 0.717) is 31.5 Å². The summed E-state index contributed by atoms with van der Waals surface area (Å²) in [7, 11) is 0. The Bertz CT molecular complexity index is 367. The fourth-order valence-electron chi connectivity index (χ4n) is 2.09. The first-order valence-electron chi connectivity index (χ1n) is 5.56. The minimum absolute atomic E-state index is 0.253. The lowest BCUT2D eigenvalue weighted by atomic mass is 10.0. The van der Waals surface area contributed by atoms with Crippen molar-refractivity contribution in [1.82, 2.24) is 10.1 Å². The van der Waals surface area contributed by atoms with Crippen LogP contribution in [-0.4, -0.2) is 36.6 Å². The Morgan fingerprint density at radius 2 is 2.25 bits per heavy atom. The van der Waals surface area contributed by atoms with Crippen LogP contribution in [-0.2, 0) is 15.0 Å². The molecule has 3 rings (SSSR count). The van der Waals surface area contributed by atoms with Crippen LogP contribution in [0.1, 0.15) is 30.5 Å². The van der Waals surface area contributed by atoms with Gasteiger partial charge in [0.05, 0.1) is 13.2 Å². The summed E-state index contributed by atoms with van der Waals surface area (Å²) in [5, 5.41) is 3.99. The van der Waals surface area contributed by atoms with E-state index in [1.54, 1.807) is 0 Å². The molecule has 0 radical (unpaired) electrons. The molecule has 0 bridgehead atoms. The molecule has 2 aliphatic heterocycles. The van der Waals surface area contributed by atoms with Gasteiger partial charge in [0.15, 0.2) is 5.82 Å². The highest BCUT2D eigenvalue weighted by molar-refractivity contribution is 5.07. The van der Waals surface area contributed by atoms with Crippen LogP contribution < -0.4 is 5.73 Å². The minimum Gasteiger partial charge on any atom is -0.381 e. The Hall–Kier alpha value is -0.980. The molecular weight excluding hydrogens is 210 g/mol. The first-order valence-corrected chi connectivity index (χ1v) is 5.56. The number of rotatable bonds is 2. The van der Waals surface area contributed by atoms with Gasteiger partial charge >= 0.3 is 0 Å². The summed E-state index contributed by atoms with van der Waals surface area (Å²) in [5.74, 6) is 1.46. The van der Waals surface area contributed by atoms with Crippen molar-refractivity contribution in [1.29, 1.82) is 0 Å². The van der Waals surface area contributed by atoms with Crippen LogP contribution in [0.3, 0.4) is 0 Å². The van der Waals surface area contributed by atoms with Crippen molar-refractivity contribution in [3.05, 3.63) is 11.7 Å². The largest absolute Gasteiger partial charge is 0.381 e. The lowest BCUT2D eigenvalue weighted by Gasteiger charge is -2.15. The van der Waals surface area contributed by atoms with Crippen LogP contribution in [0.2, 0.25) is 0 Å². The normalized spacial score (nSPS) is 34.7. The van der Waals surface area contributed by atoms with E-state index in [0.717, 1.165) is 19.4 Å². The standard InChI is InChI=1S/C10H15N3O3/c11-10(2-4-15-6-10)9-12-8(13-16-9)7-1-3-14-5-7/h7H,1-6,11H2. The SMILES string of the molecule is NC1(c2nc(C3CCOC3)no2)CCOC1. The van der Waals surface area contributed by atoms with Crippen molar-refractivity contribution in [3.63, 3.8) is 0 Å². The van der Waals surface area contributed by atoms with E-state index in [2.05, 4.69) is 10.1 Å². The molecule has 16 heavy (non-hydrogen) atoms. The lowest BCUT2D eigenvalue weighted by molar-refractivity contribution is 0.166. The Labute approximate surface area is 93.1 Å². The molecular formula is C10H15N3O3. The van der Waals surface area contributed by atoms with Crippen LogP contribution in [0.5, 0.6) is 0 Å². The van der Waals surface area contributed by atoms with Gasteiger partial charge in [-0.2, -0.15) is 4.98 Å². The molecule has 6 heteroatoms. The molecule has 2 fully saturated rings. The van der Waals surface area contributed by atoms with E-state index in [9.17, 15) is 0 Å². The Balaban J connectivity index is 1.81. The van der Waals surface area contributed by atoms with E-state index in [-0.39, 0.29) is 5.92 Å². The summed E-state index contributed by atoms with van der Waals surface area (Å²) in [5.41, 5.74) is 5.55. The molecule has 0 aromatic carbocycles. The predicted octanol–water partition coefficient (Wildman–Crippen LogP) is 0.148. The molecule has 6 nitrogen and oxygen atoms in total. The van der Waals surface area contributed by atoms with E-state index in [1.807, 2.05) is 0 Å². The highest BCUT2D eigenvalue weighted by Gasteiger charge is 2.38. The Morgan fingerprint density at radius 3 is 2.94 bits per heavy atom. The third-order valence-corrected chi connectivity index (χ3v) is 3.21.